The Labute approximate surface area is 150 Å². The minimum Gasteiger partial charge on any atom is -0.492 e. The summed E-state index contributed by atoms with van der Waals surface area (Å²) in [5.41, 5.74) is 1.94. The first-order chi connectivity index (χ1) is 12.3. The number of nitrogens with one attached hydrogen (secondary N) is 1. The highest BCUT2D eigenvalue weighted by Crippen LogP contribution is 2.37. The summed E-state index contributed by atoms with van der Waals surface area (Å²) in [7, 11) is 0. The average molecular weight is 353 g/mol. The van der Waals surface area contributed by atoms with E-state index < -0.39 is 0 Å². The second-order valence-corrected chi connectivity index (χ2v) is 7.86. The second-order valence-electron chi connectivity index (χ2n) is 6.83. The van der Waals surface area contributed by atoms with Crippen molar-refractivity contribution in [3.8, 4) is 5.88 Å². The summed E-state index contributed by atoms with van der Waals surface area (Å²) in [6, 6.07) is 4.33. The summed E-state index contributed by atoms with van der Waals surface area (Å²) < 4.78 is 0. The fraction of sp³-hybridized carbons (Fsp3) is 0.389. The molecule has 0 radical (unpaired) electrons. The van der Waals surface area contributed by atoms with Crippen molar-refractivity contribution in [1.82, 2.24) is 14.9 Å². The van der Waals surface area contributed by atoms with Crippen molar-refractivity contribution in [1.29, 1.82) is 0 Å². The fourth-order valence-corrected chi connectivity index (χ4v) is 4.82. The van der Waals surface area contributed by atoms with E-state index in [1.807, 2.05) is 18.2 Å². The predicted molar refractivity (Wildman–Crippen MR) is 101 cm³/mol. The van der Waals surface area contributed by atoms with Crippen molar-refractivity contribution in [2.45, 2.75) is 18.9 Å². The predicted octanol–water partition coefficient (Wildman–Crippen LogP) is 3.01. The molecule has 2 aromatic rings. The van der Waals surface area contributed by atoms with Crippen LogP contribution < -0.4 is 5.32 Å². The molecule has 6 rings (SSSR count). The number of thiazole rings is 1. The minimum absolute atomic E-state index is 0.0759. The molecule has 0 spiro atoms. The molecule has 0 aliphatic carbocycles. The van der Waals surface area contributed by atoms with Crippen LogP contribution in [0.15, 0.2) is 23.3 Å². The molecule has 0 aromatic carbocycles. The molecule has 1 atom stereocenters. The van der Waals surface area contributed by atoms with Gasteiger partial charge in [0.15, 0.2) is 10.9 Å². The van der Waals surface area contributed by atoms with Gasteiger partial charge in [0, 0.05) is 36.1 Å². The molecule has 3 fully saturated rings. The number of hydrogen-bond acceptors (Lipinski definition) is 7. The van der Waals surface area contributed by atoms with Crippen molar-refractivity contribution in [2.24, 2.45) is 10.9 Å². The highest BCUT2D eigenvalue weighted by Gasteiger charge is 2.34. The third-order valence-corrected chi connectivity index (χ3v) is 6.23. The van der Waals surface area contributed by atoms with Gasteiger partial charge < -0.3 is 15.3 Å². The number of pyridine rings is 1. The van der Waals surface area contributed by atoms with Crippen molar-refractivity contribution in [2.75, 3.05) is 25.0 Å². The molecule has 2 N–H and O–H groups in total. The molecular formula is C18H19N5OS. The molecule has 25 heavy (non-hydrogen) atoms. The molecule has 6 heterocycles. The van der Waals surface area contributed by atoms with Gasteiger partial charge in [0.25, 0.3) is 0 Å². The van der Waals surface area contributed by atoms with Gasteiger partial charge in [0.1, 0.15) is 0 Å². The van der Waals surface area contributed by atoms with E-state index >= 15 is 0 Å². The van der Waals surface area contributed by atoms with Gasteiger partial charge in [-0.15, -0.1) is 0 Å². The number of aliphatic imine (C=N–C) groups is 1. The maximum absolute atomic E-state index is 10.2. The van der Waals surface area contributed by atoms with E-state index in [9.17, 15) is 5.11 Å². The van der Waals surface area contributed by atoms with Gasteiger partial charge in [-0.25, -0.2) is 9.98 Å². The molecule has 2 bridgehead atoms. The van der Waals surface area contributed by atoms with Gasteiger partial charge >= 0.3 is 0 Å². The minimum atomic E-state index is 0.0759. The molecule has 6 nitrogen and oxygen atoms in total. The lowest BCUT2D eigenvalue weighted by molar-refractivity contribution is 0.0975. The Morgan fingerprint density at radius 2 is 2.20 bits per heavy atom. The smallest absolute Gasteiger partial charge is 0.231 e. The van der Waals surface area contributed by atoms with Crippen LogP contribution in [-0.2, 0) is 0 Å². The van der Waals surface area contributed by atoms with Crippen LogP contribution in [0, 0.1) is 5.92 Å². The SMILES string of the molecule is Oc1nc(N[C@H]2CN3CCC2CC3)sc1C=C1C=Nc2ncccc21. The Morgan fingerprint density at radius 3 is 3.00 bits per heavy atom. The first-order valence-electron chi connectivity index (χ1n) is 8.66. The summed E-state index contributed by atoms with van der Waals surface area (Å²) in [6.07, 6.45) is 7.97. The van der Waals surface area contributed by atoms with Crippen LogP contribution in [0.2, 0.25) is 0 Å². The van der Waals surface area contributed by atoms with E-state index in [1.165, 1.54) is 37.3 Å². The normalized spacial score (nSPS) is 28.5. The molecule has 4 aliphatic rings. The van der Waals surface area contributed by atoms with Crippen molar-refractivity contribution >= 4 is 40.1 Å². The fourth-order valence-electron chi connectivity index (χ4n) is 3.95. The molecular weight excluding hydrogens is 334 g/mol. The van der Waals surface area contributed by atoms with Crippen LogP contribution in [0.3, 0.4) is 0 Å². The van der Waals surface area contributed by atoms with Gasteiger partial charge in [0.05, 0.1) is 4.88 Å². The third kappa shape index (κ3) is 2.73. The van der Waals surface area contributed by atoms with Crippen LogP contribution in [0.5, 0.6) is 5.88 Å². The Bertz CT molecular complexity index is 866. The molecule has 2 aromatic heterocycles. The standard InChI is InChI=1S/C18H19N5OS/c24-17-15(8-12-9-20-16-13(12)2-1-5-19-16)25-18(22-17)21-14-10-23-6-3-11(14)4-7-23/h1-2,5,8-9,11,14,24H,3-4,6-7,10H2,(H,21,22)/t14-/m0/s1. The molecule has 7 heteroatoms. The van der Waals surface area contributed by atoms with Crippen LogP contribution >= 0.6 is 11.3 Å². The Kier molecular flexibility index (Phi) is 3.57. The van der Waals surface area contributed by atoms with Crippen LogP contribution in [0.25, 0.3) is 11.6 Å². The average Bonchev–Trinajstić information content (AvgIpc) is 3.20. The van der Waals surface area contributed by atoms with Crippen LogP contribution in [0.4, 0.5) is 10.9 Å². The van der Waals surface area contributed by atoms with E-state index in [4.69, 9.17) is 0 Å². The third-order valence-electron chi connectivity index (χ3n) is 5.31. The maximum Gasteiger partial charge on any atom is 0.231 e. The van der Waals surface area contributed by atoms with Gasteiger partial charge in [-0.05, 0) is 50.1 Å². The first-order valence-corrected chi connectivity index (χ1v) is 9.48. The number of rotatable bonds is 3. The Morgan fingerprint density at radius 1 is 1.32 bits per heavy atom. The Hall–Kier alpha value is -2.25. The first kappa shape index (κ1) is 15.0. The van der Waals surface area contributed by atoms with Crippen molar-refractivity contribution in [3.05, 3.63) is 28.8 Å². The summed E-state index contributed by atoms with van der Waals surface area (Å²) in [5.74, 6) is 1.52. The largest absolute Gasteiger partial charge is 0.492 e. The summed E-state index contributed by atoms with van der Waals surface area (Å²) in [6.45, 7) is 3.51. The zero-order valence-corrected chi connectivity index (χ0v) is 14.5. The zero-order valence-electron chi connectivity index (χ0n) is 13.7. The molecule has 3 saturated heterocycles. The highest BCUT2D eigenvalue weighted by molar-refractivity contribution is 7.16. The van der Waals surface area contributed by atoms with Gasteiger partial charge in [-0.2, -0.15) is 4.98 Å². The van der Waals surface area contributed by atoms with Gasteiger partial charge in [-0.1, -0.05) is 11.3 Å². The number of aromatic nitrogens is 2. The van der Waals surface area contributed by atoms with E-state index in [1.54, 1.807) is 12.4 Å². The molecule has 0 unspecified atom stereocenters. The molecule has 0 amide bonds. The molecule has 4 aliphatic heterocycles. The number of allylic oxidation sites excluding steroid dienone is 1. The van der Waals surface area contributed by atoms with E-state index in [0.29, 0.717) is 6.04 Å². The van der Waals surface area contributed by atoms with E-state index in [-0.39, 0.29) is 5.88 Å². The number of nitrogens with zero attached hydrogens (tertiary/aromatic N) is 4. The van der Waals surface area contributed by atoms with Crippen LogP contribution in [0.1, 0.15) is 23.3 Å². The Balaban J connectivity index is 1.38. The lowest BCUT2D eigenvalue weighted by Crippen LogP contribution is -2.53. The topological polar surface area (TPSA) is 73.6 Å². The highest BCUT2D eigenvalue weighted by atomic mass is 32.1. The van der Waals surface area contributed by atoms with Gasteiger partial charge in [0.2, 0.25) is 5.88 Å². The number of aromatic hydroxyl groups is 1. The summed E-state index contributed by atoms with van der Waals surface area (Å²) in [4.78, 5) is 16.1. The quantitative estimate of drug-likeness (QED) is 0.887. The lowest BCUT2D eigenvalue weighted by Gasteiger charge is -2.44. The zero-order chi connectivity index (χ0) is 16.8. The van der Waals surface area contributed by atoms with Crippen molar-refractivity contribution in [3.63, 3.8) is 0 Å². The molecule has 0 saturated carbocycles. The second kappa shape index (κ2) is 5.93. The maximum atomic E-state index is 10.2. The number of fused-ring (bicyclic) bond motifs is 4. The van der Waals surface area contributed by atoms with E-state index in [0.717, 1.165) is 39.4 Å². The summed E-state index contributed by atoms with van der Waals surface area (Å²) in [5, 5.41) is 14.6. The monoisotopic (exact) mass is 353 g/mol. The van der Waals surface area contributed by atoms with Gasteiger partial charge in [-0.3, -0.25) is 0 Å². The van der Waals surface area contributed by atoms with Crippen molar-refractivity contribution < 1.29 is 5.11 Å². The molecule has 128 valence electrons. The summed E-state index contributed by atoms with van der Waals surface area (Å²) >= 11 is 1.49. The number of anilines is 1. The number of piperidine rings is 3. The lowest BCUT2D eigenvalue weighted by atomic mass is 9.84. The van der Waals surface area contributed by atoms with E-state index in [2.05, 4.69) is 25.2 Å². The van der Waals surface area contributed by atoms with Crippen LogP contribution in [-0.4, -0.2) is 51.9 Å². The number of hydrogen-bond donors (Lipinski definition) is 2.